The van der Waals surface area contributed by atoms with Crippen LogP contribution in [0.1, 0.15) is 30.1 Å². The van der Waals surface area contributed by atoms with Crippen LogP contribution in [-0.4, -0.2) is 54.4 Å². The van der Waals surface area contributed by atoms with Crippen LogP contribution in [0.4, 0.5) is 0 Å². The lowest BCUT2D eigenvalue weighted by molar-refractivity contribution is -0.00925. The summed E-state index contributed by atoms with van der Waals surface area (Å²) in [5.41, 5.74) is 0.230. The van der Waals surface area contributed by atoms with Gasteiger partial charge in [-0.1, -0.05) is 5.16 Å². The molecular formula is C13H21N3O3. The van der Waals surface area contributed by atoms with Crippen molar-refractivity contribution in [3.63, 3.8) is 0 Å². The van der Waals surface area contributed by atoms with E-state index in [4.69, 9.17) is 9.26 Å². The van der Waals surface area contributed by atoms with E-state index >= 15 is 0 Å². The molecular weight excluding hydrogens is 246 g/mol. The topological polar surface area (TPSA) is 67.6 Å². The van der Waals surface area contributed by atoms with Crippen LogP contribution >= 0.6 is 0 Å². The molecule has 2 rings (SSSR count). The Morgan fingerprint density at radius 3 is 2.74 bits per heavy atom. The molecule has 1 aliphatic rings. The first kappa shape index (κ1) is 14.0. The minimum Gasteiger partial charge on any atom is -0.379 e. The van der Waals surface area contributed by atoms with Crippen LogP contribution < -0.4 is 5.32 Å². The van der Waals surface area contributed by atoms with Crippen LogP contribution in [0.3, 0.4) is 0 Å². The van der Waals surface area contributed by atoms with E-state index < -0.39 is 0 Å². The summed E-state index contributed by atoms with van der Waals surface area (Å²) in [7, 11) is 0. The molecule has 6 nitrogen and oxygen atoms in total. The molecule has 0 aliphatic carbocycles. The molecule has 1 aromatic heterocycles. The summed E-state index contributed by atoms with van der Waals surface area (Å²) < 4.78 is 10.2. The lowest BCUT2D eigenvalue weighted by Crippen LogP contribution is -2.55. The van der Waals surface area contributed by atoms with Gasteiger partial charge >= 0.3 is 0 Å². The van der Waals surface area contributed by atoms with Gasteiger partial charge in [0.15, 0.2) is 5.69 Å². The molecule has 1 N–H and O–H groups in total. The van der Waals surface area contributed by atoms with Crippen LogP contribution in [0.5, 0.6) is 0 Å². The molecule has 1 amide bonds. The Labute approximate surface area is 113 Å². The van der Waals surface area contributed by atoms with Gasteiger partial charge in [0.05, 0.1) is 13.2 Å². The Bertz CT molecular complexity index is 436. The van der Waals surface area contributed by atoms with Gasteiger partial charge in [0.1, 0.15) is 5.76 Å². The van der Waals surface area contributed by atoms with Crippen molar-refractivity contribution in [1.82, 2.24) is 15.4 Å². The quantitative estimate of drug-likeness (QED) is 0.875. The van der Waals surface area contributed by atoms with E-state index in [0.29, 0.717) is 18.0 Å². The van der Waals surface area contributed by atoms with Gasteiger partial charge in [-0.15, -0.1) is 0 Å². The summed E-state index contributed by atoms with van der Waals surface area (Å²) in [5.74, 6) is 0.441. The average molecular weight is 267 g/mol. The van der Waals surface area contributed by atoms with Gasteiger partial charge in [0.2, 0.25) is 0 Å². The van der Waals surface area contributed by atoms with E-state index in [1.807, 2.05) is 0 Å². The number of carbonyl (C=O) groups excluding carboxylic acids is 1. The molecule has 1 fully saturated rings. The zero-order valence-corrected chi connectivity index (χ0v) is 11.7. The van der Waals surface area contributed by atoms with Crippen molar-refractivity contribution in [2.45, 2.75) is 26.3 Å². The number of rotatable bonds is 4. The third-order valence-corrected chi connectivity index (χ3v) is 3.41. The molecule has 106 valence electrons. The van der Waals surface area contributed by atoms with Gasteiger partial charge in [-0.2, -0.15) is 0 Å². The molecule has 0 aromatic carbocycles. The molecule has 0 unspecified atom stereocenters. The van der Waals surface area contributed by atoms with E-state index in [2.05, 4.69) is 29.2 Å². The minimum atomic E-state index is -0.196. The maximum atomic E-state index is 11.9. The van der Waals surface area contributed by atoms with Gasteiger partial charge in [0, 0.05) is 31.2 Å². The number of nitrogens with one attached hydrogen (secondary N) is 1. The minimum absolute atomic E-state index is 0.0990. The van der Waals surface area contributed by atoms with Crippen LogP contribution in [0, 0.1) is 6.92 Å². The fraction of sp³-hybridized carbons (Fsp3) is 0.692. The molecule has 1 aliphatic heterocycles. The monoisotopic (exact) mass is 267 g/mol. The summed E-state index contributed by atoms with van der Waals surface area (Å²) in [5, 5.41) is 6.61. The number of nitrogens with zero attached hydrogens (tertiary/aromatic N) is 2. The Balaban J connectivity index is 1.88. The lowest BCUT2D eigenvalue weighted by Gasteiger charge is -2.40. The summed E-state index contributed by atoms with van der Waals surface area (Å²) in [6.07, 6.45) is 0. The highest BCUT2D eigenvalue weighted by atomic mass is 16.5. The maximum absolute atomic E-state index is 11.9. The standard InChI is InChI=1S/C13H21N3O3/c1-10-8-11(15-19-10)12(17)14-9-13(2,3)16-4-6-18-7-5-16/h8H,4-7,9H2,1-3H3,(H,14,17). The number of amides is 1. The highest BCUT2D eigenvalue weighted by Crippen LogP contribution is 2.15. The number of hydrogen-bond donors (Lipinski definition) is 1. The fourth-order valence-electron chi connectivity index (χ4n) is 2.14. The van der Waals surface area contributed by atoms with E-state index in [-0.39, 0.29) is 11.4 Å². The van der Waals surface area contributed by atoms with Gasteiger partial charge in [-0.05, 0) is 20.8 Å². The Hall–Kier alpha value is -1.40. The third kappa shape index (κ3) is 3.54. The molecule has 6 heteroatoms. The number of morpholine rings is 1. The molecule has 2 heterocycles. The molecule has 0 spiro atoms. The molecule has 0 atom stereocenters. The molecule has 0 radical (unpaired) electrons. The second-order valence-corrected chi connectivity index (χ2v) is 5.42. The van der Waals surface area contributed by atoms with Crippen molar-refractivity contribution in [2.75, 3.05) is 32.8 Å². The van der Waals surface area contributed by atoms with E-state index in [0.717, 1.165) is 26.3 Å². The number of ether oxygens (including phenoxy) is 1. The number of aromatic nitrogens is 1. The summed E-state index contributed by atoms with van der Waals surface area (Å²) in [4.78, 5) is 14.2. The van der Waals surface area contributed by atoms with Gasteiger partial charge in [-0.3, -0.25) is 9.69 Å². The number of aryl methyl sites for hydroxylation is 1. The predicted molar refractivity (Wildman–Crippen MR) is 70.0 cm³/mol. The predicted octanol–water partition coefficient (Wildman–Crippen LogP) is 0.824. The second kappa shape index (κ2) is 5.71. The van der Waals surface area contributed by atoms with Gasteiger partial charge < -0.3 is 14.6 Å². The van der Waals surface area contributed by atoms with Crippen molar-refractivity contribution in [2.24, 2.45) is 0 Å². The summed E-state index contributed by atoms with van der Waals surface area (Å²) in [6, 6.07) is 1.64. The zero-order chi connectivity index (χ0) is 13.9. The number of hydrogen-bond acceptors (Lipinski definition) is 5. The van der Waals surface area contributed by atoms with E-state index in [1.165, 1.54) is 0 Å². The second-order valence-electron chi connectivity index (χ2n) is 5.42. The first-order valence-electron chi connectivity index (χ1n) is 6.53. The third-order valence-electron chi connectivity index (χ3n) is 3.41. The molecule has 0 bridgehead atoms. The lowest BCUT2D eigenvalue weighted by atomic mass is 10.0. The van der Waals surface area contributed by atoms with E-state index in [9.17, 15) is 4.79 Å². The Morgan fingerprint density at radius 1 is 1.47 bits per heavy atom. The smallest absolute Gasteiger partial charge is 0.273 e. The Kier molecular flexibility index (Phi) is 4.21. The molecule has 1 aromatic rings. The largest absolute Gasteiger partial charge is 0.379 e. The highest BCUT2D eigenvalue weighted by molar-refractivity contribution is 5.92. The molecule has 1 saturated heterocycles. The first-order valence-corrected chi connectivity index (χ1v) is 6.53. The van der Waals surface area contributed by atoms with E-state index in [1.54, 1.807) is 13.0 Å². The Morgan fingerprint density at radius 2 is 2.16 bits per heavy atom. The van der Waals surface area contributed by atoms with Crippen LogP contribution in [0.25, 0.3) is 0 Å². The van der Waals surface area contributed by atoms with Crippen molar-refractivity contribution in [3.05, 3.63) is 17.5 Å². The average Bonchev–Trinajstić information content (AvgIpc) is 2.84. The highest BCUT2D eigenvalue weighted by Gasteiger charge is 2.28. The van der Waals surface area contributed by atoms with Crippen LogP contribution in [0.15, 0.2) is 10.6 Å². The fourth-order valence-corrected chi connectivity index (χ4v) is 2.14. The van der Waals surface area contributed by atoms with Gasteiger partial charge in [-0.25, -0.2) is 0 Å². The molecule has 19 heavy (non-hydrogen) atoms. The maximum Gasteiger partial charge on any atom is 0.273 e. The zero-order valence-electron chi connectivity index (χ0n) is 11.7. The van der Waals surface area contributed by atoms with Crippen LogP contribution in [0.2, 0.25) is 0 Å². The summed E-state index contributed by atoms with van der Waals surface area (Å²) >= 11 is 0. The summed E-state index contributed by atoms with van der Waals surface area (Å²) in [6.45, 7) is 9.86. The van der Waals surface area contributed by atoms with Crippen molar-refractivity contribution in [3.8, 4) is 0 Å². The molecule has 0 saturated carbocycles. The van der Waals surface area contributed by atoms with Crippen LogP contribution in [-0.2, 0) is 4.74 Å². The number of carbonyl (C=O) groups is 1. The first-order chi connectivity index (χ1) is 8.99. The van der Waals surface area contributed by atoms with Crippen molar-refractivity contribution >= 4 is 5.91 Å². The van der Waals surface area contributed by atoms with Gasteiger partial charge in [0.25, 0.3) is 5.91 Å². The SMILES string of the molecule is Cc1cc(C(=O)NCC(C)(C)N2CCOCC2)no1. The normalized spacial score (nSPS) is 17.4. The van der Waals surface area contributed by atoms with Crippen molar-refractivity contribution in [1.29, 1.82) is 0 Å². The van der Waals surface area contributed by atoms with Crippen molar-refractivity contribution < 1.29 is 14.1 Å².